The molecule has 4 heteroatoms. The van der Waals surface area contributed by atoms with Gasteiger partial charge in [0.1, 0.15) is 11.5 Å². The number of rotatable bonds is 1. The zero-order valence-corrected chi connectivity index (χ0v) is 10.5. The third-order valence-electron chi connectivity index (χ3n) is 3.57. The summed E-state index contributed by atoms with van der Waals surface area (Å²) >= 11 is 0. The van der Waals surface area contributed by atoms with E-state index < -0.39 is 0 Å². The number of phenols is 3. The molecule has 2 aromatic carbocycles. The van der Waals surface area contributed by atoms with Gasteiger partial charge < -0.3 is 20.1 Å². The molecule has 3 rings (SSSR count). The van der Waals surface area contributed by atoms with Crippen LogP contribution in [-0.4, -0.2) is 22.4 Å². The quantitative estimate of drug-likeness (QED) is 0.688. The summed E-state index contributed by atoms with van der Waals surface area (Å²) in [5, 5.41) is 29.2. The van der Waals surface area contributed by atoms with E-state index in [0.717, 1.165) is 16.7 Å². The molecule has 0 atom stereocenters. The van der Waals surface area contributed by atoms with Gasteiger partial charge in [-0.2, -0.15) is 0 Å². The number of hydrogen-bond acceptors (Lipinski definition) is 4. The number of ether oxygens (including phenoxy) is 1. The number of fused-ring (bicyclic) bond motifs is 3. The van der Waals surface area contributed by atoms with E-state index in [1.165, 1.54) is 13.2 Å². The summed E-state index contributed by atoms with van der Waals surface area (Å²) in [5.41, 5.74) is 3.41. The van der Waals surface area contributed by atoms with E-state index in [1.54, 1.807) is 12.1 Å². The lowest BCUT2D eigenvalue weighted by Gasteiger charge is -2.23. The van der Waals surface area contributed by atoms with Crippen molar-refractivity contribution in [1.29, 1.82) is 0 Å². The van der Waals surface area contributed by atoms with Crippen LogP contribution in [0.2, 0.25) is 0 Å². The number of aromatic hydroxyl groups is 3. The molecule has 2 aromatic rings. The standard InChI is InChI=1S/C15H14O4/c1-19-13-7-12(17)15(18)11-4-2-8-6-9(16)3-5-10(8)14(11)13/h3,5-7,16-18H,2,4H2,1H3. The largest absolute Gasteiger partial charge is 0.508 e. The number of phenolic OH excluding ortho intramolecular Hbond substituents is 3. The zero-order chi connectivity index (χ0) is 13.6. The van der Waals surface area contributed by atoms with Crippen LogP contribution in [0, 0.1) is 0 Å². The minimum Gasteiger partial charge on any atom is -0.508 e. The summed E-state index contributed by atoms with van der Waals surface area (Å²) in [6, 6.07) is 6.55. The van der Waals surface area contributed by atoms with Gasteiger partial charge in [0.25, 0.3) is 0 Å². The maximum absolute atomic E-state index is 9.99. The SMILES string of the molecule is COc1cc(O)c(O)c2c1-c1ccc(O)cc1CC2. The summed E-state index contributed by atoms with van der Waals surface area (Å²) in [6.45, 7) is 0. The first-order chi connectivity index (χ1) is 9.11. The van der Waals surface area contributed by atoms with E-state index in [-0.39, 0.29) is 17.2 Å². The van der Waals surface area contributed by atoms with Crippen LogP contribution in [0.25, 0.3) is 11.1 Å². The third kappa shape index (κ3) is 1.68. The molecular weight excluding hydrogens is 244 g/mol. The van der Waals surface area contributed by atoms with E-state index in [0.29, 0.717) is 24.2 Å². The van der Waals surface area contributed by atoms with Gasteiger partial charge in [-0.25, -0.2) is 0 Å². The van der Waals surface area contributed by atoms with E-state index in [2.05, 4.69) is 0 Å². The fraction of sp³-hybridized carbons (Fsp3) is 0.200. The van der Waals surface area contributed by atoms with E-state index in [1.807, 2.05) is 6.07 Å². The molecule has 0 saturated carbocycles. The molecular formula is C15H14O4. The van der Waals surface area contributed by atoms with Gasteiger partial charge in [0.2, 0.25) is 0 Å². The summed E-state index contributed by atoms with van der Waals surface area (Å²) in [6.07, 6.45) is 1.30. The zero-order valence-electron chi connectivity index (χ0n) is 10.5. The first-order valence-electron chi connectivity index (χ1n) is 6.06. The highest BCUT2D eigenvalue weighted by molar-refractivity contribution is 5.82. The lowest BCUT2D eigenvalue weighted by molar-refractivity contribution is 0.383. The van der Waals surface area contributed by atoms with Crippen molar-refractivity contribution in [2.24, 2.45) is 0 Å². The van der Waals surface area contributed by atoms with Gasteiger partial charge in [0, 0.05) is 17.2 Å². The Morgan fingerprint density at radius 1 is 1.05 bits per heavy atom. The maximum Gasteiger partial charge on any atom is 0.161 e. The van der Waals surface area contributed by atoms with Crippen LogP contribution in [0.3, 0.4) is 0 Å². The Morgan fingerprint density at radius 2 is 1.84 bits per heavy atom. The van der Waals surface area contributed by atoms with Crippen LogP contribution in [0.4, 0.5) is 0 Å². The van der Waals surface area contributed by atoms with Crippen molar-refractivity contribution in [2.45, 2.75) is 12.8 Å². The fourth-order valence-corrected chi connectivity index (χ4v) is 2.68. The second kappa shape index (κ2) is 4.09. The smallest absolute Gasteiger partial charge is 0.161 e. The molecule has 0 aromatic heterocycles. The minimum absolute atomic E-state index is 0.0884. The first kappa shape index (κ1) is 11.7. The van der Waals surface area contributed by atoms with Crippen molar-refractivity contribution in [2.75, 3.05) is 7.11 Å². The average Bonchev–Trinajstić information content (AvgIpc) is 2.41. The lowest BCUT2D eigenvalue weighted by Crippen LogP contribution is -2.06. The Labute approximate surface area is 110 Å². The molecule has 0 unspecified atom stereocenters. The van der Waals surface area contributed by atoms with E-state index in [4.69, 9.17) is 4.74 Å². The number of methoxy groups -OCH3 is 1. The lowest BCUT2D eigenvalue weighted by atomic mass is 9.84. The summed E-state index contributed by atoms with van der Waals surface area (Å²) < 4.78 is 5.30. The highest BCUT2D eigenvalue weighted by Gasteiger charge is 2.25. The van der Waals surface area contributed by atoms with Crippen LogP contribution >= 0.6 is 0 Å². The molecule has 19 heavy (non-hydrogen) atoms. The van der Waals surface area contributed by atoms with E-state index >= 15 is 0 Å². The highest BCUT2D eigenvalue weighted by Crippen LogP contribution is 2.48. The molecule has 1 aliphatic rings. The number of aryl methyl sites for hydroxylation is 1. The Kier molecular flexibility index (Phi) is 2.52. The van der Waals surface area contributed by atoms with Crippen molar-refractivity contribution in [1.82, 2.24) is 0 Å². The van der Waals surface area contributed by atoms with Crippen molar-refractivity contribution in [3.8, 4) is 34.1 Å². The fourth-order valence-electron chi connectivity index (χ4n) is 2.68. The predicted molar refractivity (Wildman–Crippen MR) is 70.8 cm³/mol. The summed E-state index contributed by atoms with van der Waals surface area (Å²) in [4.78, 5) is 0. The van der Waals surface area contributed by atoms with Crippen LogP contribution < -0.4 is 4.74 Å². The van der Waals surface area contributed by atoms with Crippen molar-refractivity contribution >= 4 is 0 Å². The molecule has 3 N–H and O–H groups in total. The molecule has 0 bridgehead atoms. The Balaban J connectivity index is 2.33. The second-order valence-corrected chi connectivity index (χ2v) is 4.64. The third-order valence-corrected chi connectivity index (χ3v) is 3.57. The van der Waals surface area contributed by atoms with Gasteiger partial charge in [0.05, 0.1) is 7.11 Å². The average molecular weight is 258 g/mol. The van der Waals surface area contributed by atoms with Crippen molar-refractivity contribution in [3.63, 3.8) is 0 Å². The predicted octanol–water partition coefficient (Wildman–Crippen LogP) is 2.58. The summed E-state index contributed by atoms with van der Waals surface area (Å²) in [7, 11) is 1.53. The van der Waals surface area contributed by atoms with Crippen molar-refractivity contribution < 1.29 is 20.1 Å². The summed E-state index contributed by atoms with van der Waals surface area (Å²) in [5.74, 6) is 0.494. The molecule has 0 spiro atoms. The molecule has 0 amide bonds. The van der Waals surface area contributed by atoms with Gasteiger partial charge in [0.15, 0.2) is 11.5 Å². The topological polar surface area (TPSA) is 69.9 Å². The Hall–Kier alpha value is -2.36. The molecule has 0 fully saturated rings. The maximum atomic E-state index is 9.99. The molecule has 0 aliphatic heterocycles. The van der Waals surface area contributed by atoms with E-state index in [9.17, 15) is 15.3 Å². The van der Waals surface area contributed by atoms with Crippen LogP contribution in [0.1, 0.15) is 11.1 Å². The van der Waals surface area contributed by atoms with Gasteiger partial charge in [-0.05, 0) is 36.1 Å². The highest BCUT2D eigenvalue weighted by atomic mass is 16.5. The minimum atomic E-state index is -0.169. The van der Waals surface area contributed by atoms with Crippen LogP contribution in [0.5, 0.6) is 23.0 Å². The number of benzene rings is 2. The van der Waals surface area contributed by atoms with Crippen molar-refractivity contribution in [3.05, 3.63) is 35.4 Å². The van der Waals surface area contributed by atoms with Crippen LogP contribution in [0.15, 0.2) is 24.3 Å². The van der Waals surface area contributed by atoms with Gasteiger partial charge >= 0.3 is 0 Å². The van der Waals surface area contributed by atoms with Crippen LogP contribution in [-0.2, 0) is 12.8 Å². The van der Waals surface area contributed by atoms with Gasteiger partial charge in [-0.15, -0.1) is 0 Å². The molecule has 0 radical (unpaired) electrons. The molecule has 0 saturated heterocycles. The number of hydrogen-bond donors (Lipinski definition) is 3. The Bertz CT molecular complexity index is 662. The molecule has 1 aliphatic carbocycles. The van der Waals surface area contributed by atoms with Gasteiger partial charge in [-0.3, -0.25) is 0 Å². The molecule has 0 heterocycles. The normalized spacial score (nSPS) is 12.7. The van der Waals surface area contributed by atoms with Gasteiger partial charge in [-0.1, -0.05) is 6.07 Å². The first-order valence-corrected chi connectivity index (χ1v) is 6.06. The second-order valence-electron chi connectivity index (χ2n) is 4.64. The molecule has 4 nitrogen and oxygen atoms in total. The monoisotopic (exact) mass is 258 g/mol. The molecule has 98 valence electrons. The Morgan fingerprint density at radius 3 is 2.58 bits per heavy atom.